The van der Waals surface area contributed by atoms with Gasteiger partial charge < -0.3 is 14.7 Å². The second kappa shape index (κ2) is 4.46. The van der Waals surface area contributed by atoms with E-state index in [4.69, 9.17) is 0 Å². The third-order valence-corrected chi connectivity index (χ3v) is 2.65. The molecule has 0 heterocycles. The van der Waals surface area contributed by atoms with Crippen LogP contribution in [0.3, 0.4) is 0 Å². The smallest absolute Gasteiger partial charge is 0.409 e. The summed E-state index contributed by atoms with van der Waals surface area (Å²) in [6, 6.07) is -0.0683. The lowest BCUT2D eigenvalue weighted by Gasteiger charge is -2.34. The molecule has 2 atom stereocenters. The Labute approximate surface area is 78.5 Å². The Balaban J connectivity index is 2.53. The fourth-order valence-electron chi connectivity index (χ4n) is 1.82. The van der Waals surface area contributed by atoms with Crippen LogP contribution in [0.5, 0.6) is 0 Å². The molecule has 0 saturated heterocycles. The van der Waals surface area contributed by atoms with E-state index >= 15 is 0 Å². The lowest BCUT2D eigenvalue weighted by molar-refractivity contribution is 0.0289. The van der Waals surface area contributed by atoms with Gasteiger partial charge in [0.2, 0.25) is 0 Å². The maximum Gasteiger partial charge on any atom is 0.409 e. The van der Waals surface area contributed by atoms with Gasteiger partial charge in [-0.25, -0.2) is 4.79 Å². The largest absolute Gasteiger partial charge is 0.453 e. The lowest BCUT2D eigenvalue weighted by Crippen LogP contribution is -2.46. The number of carbonyl (C=O) groups excluding carboxylic acids is 1. The second-order valence-corrected chi connectivity index (χ2v) is 3.50. The minimum atomic E-state index is -0.391. The van der Waals surface area contributed by atoms with Gasteiger partial charge in [-0.3, -0.25) is 0 Å². The summed E-state index contributed by atoms with van der Waals surface area (Å²) in [4.78, 5) is 12.6. The summed E-state index contributed by atoms with van der Waals surface area (Å²) in [6.07, 6.45) is 3.01. The summed E-state index contributed by atoms with van der Waals surface area (Å²) in [5.74, 6) is 0. The van der Waals surface area contributed by atoms with Crippen molar-refractivity contribution in [2.24, 2.45) is 0 Å². The number of hydrogen-bond donors (Lipinski definition) is 1. The molecule has 1 amide bonds. The summed E-state index contributed by atoms with van der Waals surface area (Å²) in [5, 5.41) is 9.63. The number of hydrogen-bond acceptors (Lipinski definition) is 3. The van der Waals surface area contributed by atoms with E-state index in [1.807, 2.05) is 0 Å². The Morgan fingerprint density at radius 1 is 1.46 bits per heavy atom. The van der Waals surface area contributed by atoms with Crippen LogP contribution in [0.25, 0.3) is 0 Å². The standard InChI is InChI=1S/C9H17NO3/c1-10(9(12)13-2)7-5-3-4-6-8(7)11/h7-8,11H,3-6H2,1-2H3. The predicted octanol–water partition coefficient (Wildman–Crippen LogP) is 0.988. The number of carbonyl (C=O) groups is 1. The molecule has 0 aliphatic heterocycles. The minimum absolute atomic E-state index is 0.0683. The number of rotatable bonds is 1. The fraction of sp³-hybridized carbons (Fsp3) is 0.889. The highest BCUT2D eigenvalue weighted by molar-refractivity contribution is 5.67. The molecule has 0 aromatic carbocycles. The molecule has 0 aromatic heterocycles. The van der Waals surface area contributed by atoms with Gasteiger partial charge in [0.15, 0.2) is 0 Å². The van der Waals surface area contributed by atoms with E-state index in [1.165, 1.54) is 12.0 Å². The van der Waals surface area contributed by atoms with E-state index in [-0.39, 0.29) is 12.1 Å². The van der Waals surface area contributed by atoms with Gasteiger partial charge in [-0.2, -0.15) is 0 Å². The number of methoxy groups -OCH3 is 1. The fourth-order valence-corrected chi connectivity index (χ4v) is 1.82. The summed E-state index contributed by atoms with van der Waals surface area (Å²) < 4.78 is 4.59. The molecular weight excluding hydrogens is 170 g/mol. The van der Waals surface area contributed by atoms with Gasteiger partial charge in [0.25, 0.3) is 0 Å². The van der Waals surface area contributed by atoms with Crippen LogP contribution in [-0.4, -0.2) is 42.4 Å². The number of aliphatic hydroxyl groups is 1. The molecule has 1 fully saturated rings. The molecule has 0 spiro atoms. The summed E-state index contributed by atoms with van der Waals surface area (Å²) in [7, 11) is 3.03. The van der Waals surface area contributed by atoms with E-state index < -0.39 is 6.10 Å². The first-order valence-electron chi connectivity index (χ1n) is 4.65. The summed E-state index contributed by atoms with van der Waals surface area (Å²) >= 11 is 0. The van der Waals surface area contributed by atoms with Crippen molar-refractivity contribution in [1.82, 2.24) is 4.90 Å². The second-order valence-electron chi connectivity index (χ2n) is 3.50. The van der Waals surface area contributed by atoms with Crippen LogP contribution in [0.2, 0.25) is 0 Å². The Morgan fingerprint density at radius 3 is 2.62 bits per heavy atom. The molecule has 1 aliphatic rings. The first kappa shape index (κ1) is 10.3. The first-order chi connectivity index (χ1) is 6.16. The molecule has 4 heteroatoms. The van der Waals surface area contributed by atoms with Crippen molar-refractivity contribution >= 4 is 6.09 Å². The van der Waals surface area contributed by atoms with E-state index in [0.717, 1.165) is 25.7 Å². The van der Waals surface area contributed by atoms with Gasteiger partial charge in [0.1, 0.15) is 0 Å². The van der Waals surface area contributed by atoms with Crippen molar-refractivity contribution in [1.29, 1.82) is 0 Å². The van der Waals surface area contributed by atoms with Gasteiger partial charge >= 0.3 is 6.09 Å². The van der Waals surface area contributed by atoms with Crippen LogP contribution in [0.4, 0.5) is 4.79 Å². The molecule has 4 nitrogen and oxygen atoms in total. The van der Waals surface area contributed by atoms with Gasteiger partial charge in [-0.1, -0.05) is 12.8 Å². The monoisotopic (exact) mass is 187 g/mol. The number of ether oxygens (including phenoxy) is 1. The van der Waals surface area contributed by atoms with Crippen LogP contribution >= 0.6 is 0 Å². The molecule has 2 unspecified atom stereocenters. The zero-order valence-electron chi connectivity index (χ0n) is 8.19. The zero-order valence-corrected chi connectivity index (χ0v) is 8.19. The Bertz CT molecular complexity index is 184. The van der Waals surface area contributed by atoms with E-state index in [1.54, 1.807) is 7.05 Å². The average Bonchev–Trinajstić information content (AvgIpc) is 2.16. The average molecular weight is 187 g/mol. The number of aliphatic hydroxyl groups excluding tert-OH is 1. The van der Waals surface area contributed by atoms with Crippen LogP contribution in [0, 0.1) is 0 Å². The SMILES string of the molecule is COC(=O)N(C)C1CCCCC1O. The minimum Gasteiger partial charge on any atom is -0.453 e. The normalized spacial score (nSPS) is 28.2. The van der Waals surface area contributed by atoms with Crippen molar-refractivity contribution in [2.75, 3.05) is 14.2 Å². The summed E-state index contributed by atoms with van der Waals surface area (Å²) in [5.41, 5.74) is 0. The van der Waals surface area contributed by atoms with Gasteiger partial charge in [0, 0.05) is 7.05 Å². The van der Waals surface area contributed by atoms with Crippen molar-refractivity contribution < 1.29 is 14.6 Å². The summed E-state index contributed by atoms with van der Waals surface area (Å²) in [6.45, 7) is 0. The van der Waals surface area contributed by atoms with E-state index in [0.29, 0.717) is 0 Å². The Morgan fingerprint density at radius 2 is 2.08 bits per heavy atom. The van der Waals surface area contributed by atoms with Crippen LogP contribution in [0.15, 0.2) is 0 Å². The number of nitrogens with zero attached hydrogens (tertiary/aromatic N) is 1. The quantitative estimate of drug-likeness (QED) is 0.666. The molecule has 13 heavy (non-hydrogen) atoms. The van der Waals surface area contributed by atoms with Gasteiger partial charge in [-0.05, 0) is 12.8 Å². The maximum absolute atomic E-state index is 11.1. The third kappa shape index (κ3) is 2.34. The molecule has 76 valence electrons. The van der Waals surface area contributed by atoms with Crippen LogP contribution in [0.1, 0.15) is 25.7 Å². The molecule has 0 radical (unpaired) electrons. The highest BCUT2D eigenvalue weighted by Gasteiger charge is 2.29. The highest BCUT2D eigenvalue weighted by Crippen LogP contribution is 2.22. The molecule has 1 rings (SSSR count). The predicted molar refractivity (Wildman–Crippen MR) is 48.4 cm³/mol. The molecule has 1 N–H and O–H groups in total. The Kier molecular flexibility index (Phi) is 3.54. The molecule has 1 aliphatic carbocycles. The molecule has 0 aromatic rings. The number of likely N-dealkylation sites (N-methyl/N-ethyl adjacent to an activating group) is 1. The zero-order chi connectivity index (χ0) is 9.84. The van der Waals surface area contributed by atoms with Gasteiger partial charge in [0.05, 0.1) is 19.3 Å². The lowest BCUT2D eigenvalue weighted by atomic mass is 9.92. The topological polar surface area (TPSA) is 49.8 Å². The van der Waals surface area contributed by atoms with Crippen molar-refractivity contribution in [3.8, 4) is 0 Å². The third-order valence-electron chi connectivity index (χ3n) is 2.65. The van der Waals surface area contributed by atoms with E-state index in [2.05, 4.69) is 4.74 Å². The van der Waals surface area contributed by atoms with Crippen LogP contribution < -0.4 is 0 Å². The molecule has 1 saturated carbocycles. The number of amides is 1. The maximum atomic E-state index is 11.1. The van der Waals surface area contributed by atoms with E-state index in [9.17, 15) is 9.90 Å². The Hall–Kier alpha value is -0.770. The first-order valence-corrected chi connectivity index (χ1v) is 4.65. The van der Waals surface area contributed by atoms with Crippen molar-refractivity contribution in [3.05, 3.63) is 0 Å². The van der Waals surface area contributed by atoms with Gasteiger partial charge in [-0.15, -0.1) is 0 Å². The van der Waals surface area contributed by atoms with Crippen molar-refractivity contribution in [2.45, 2.75) is 37.8 Å². The van der Waals surface area contributed by atoms with Crippen molar-refractivity contribution in [3.63, 3.8) is 0 Å². The highest BCUT2D eigenvalue weighted by atomic mass is 16.5. The van der Waals surface area contributed by atoms with Crippen LogP contribution in [-0.2, 0) is 4.74 Å². The molecule has 0 bridgehead atoms. The molecular formula is C9H17NO3.